The Morgan fingerprint density at radius 3 is 2.23 bits per heavy atom. The summed E-state index contributed by atoms with van der Waals surface area (Å²) < 4.78 is 7.32. The molecule has 2 atom stereocenters. The zero-order valence-electron chi connectivity index (χ0n) is 22.7. The van der Waals surface area contributed by atoms with Crippen molar-refractivity contribution < 1.29 is 28.7 Å². The van der Waals surface area contributed by atoms with Gasteiger partial charge in [-0.25, -0.2) is 9.59 Å². The van der Waals surface area contributed by atoms with Gasteiger partial charge in [0.25, 0.3) is 5.91 Å². The first-order valence-electron chi connectivity index (χ1n) is 12.7. The van der Waals surface area contributed by atoms with Crippen molar-refractivity contribution in [2.24, 2.45) is 17.6 Å². The van der Waals surface area contributed by atoms with Crippen molar-refractivity contribution in [3.05, 3.63) is 42.0 Å². The molecule has 12 nitrogen and oxygen atoms in total. The third-order valence-electron chi connectivity index (χ3n) is 5.40. The fraction of sp³-hybridized carbons (Fsp3) is 0.500. The maximum Gasteiger partial charge on any atom is 0.416 e. The summed E-state index contributed by atoms with van der Waals surface area (Å²) >= 11 is 1.67. The highest BCUT2D eigenvalue weighted by Crippen LogP contribution is 2.12. The van der Waals surface area contributed by atoms with Gasteiger partial charge in [-0.3, -0.25) is 17.9 Å². The summed E-state index contributed by atoms with van der Waals surface area (Å²) in [5.74, 6) is -1.11. The number of benzene rings is 1. The normalized spacial score (nSPS) is 12.5. The van der Waals surface area contributed by atoms with Crippen LogP contribution in [0.3, 0.4) is 0 Å². The third-order valence-corrected chi connectivity index (χ3v) is 5.84. The average molecular weight is 659 g/mol. The lowest BCUT2D eigenvalue weighted by Crippen LogP contribution is -2.54. The number of urea groups is 1. The Morgan fingerprint density at radius 2 is 1.67 bits per heavy atom. The number of anilines is 1. The average Bonchev–Trinajstić information content (AvgIpc) is 2.88. The largest absolute Gasteiger partial charge is 0.444 e. The molecule has 39 heavy (non-hydrogen) atoms. The molecule has 7 N–H and O–H groups in total. The standard InChI is InChI=1S/C26H39IN6O6/c1-16(2)8-13-21(34)32-22(17(3)4)24(36)31-20(7-5-6-14-29-25(28)37)23(35)30-19-11-9-18(10-12-19)15-39-26(38)33-27/h5,7,9-12,16-17,20,22H,6,8,13-15H2,1-4H3,(H,30,35)(H,31,36)(H,32,34)(H,33,38)(H3,28,29,37)/b7-5+/t20-,22-/m0/s1. The van der Waals surface area contributed by atoms with Crippen LogP contribution in [0.15, 0.2) is 36.4 Å². The summed E-state index contributed by atoms with van der Waals surface area (Å²) in [5.41, 5.74) is 6.25. The van der Waals surface area contributed by atoms with Gasteiger partial charge in [0.2, 0.25) is 11.8 Å². The fourth-order valence-corrected chi connectivity index (χ4v) is 3.39. The van der Waals surface area contributed by atoms with E-state index >= 15 is 0 Å². The van der Waals surface area contributed by atoms with Crippen molar-refractivity contribution in [3.63, 3.8) is 0 Å². The predicted octanol–water partition coefficient (Wildman–Crippen LogP) is 2.88. The van der Waals surface area contributed by atoms with Gasteiger partial charge in [-0.15, -0.1) is 0 Å². The molecule has 13 heteroatoms. The van der Waals surface area contributed by atoms with E-state index in [-0.39, 0.29) is 25.0 Å². The summed E-state index contributed by atoms with van der Waals surface area (Å²) in [6.07, 6.45) is 3.96. The highest BCUT2D eigenvalue weighted by Gasteiger charge is 2.27. The van der Waals surface area contributed by atoms with Crippen molar-refractivity contribution in [1.29, 1.82) is 0 Å². The number of halogens is 1. The van der Waals surface area contributed by atoms with Gasteiger partial charge in [0.1, 0.15) is 18.7 Å². The molecule has 0 unspecified atom stereocenters. The van der Waals surface area contributed by atoms with E-state index < -0.39 is 36.0 Å². The van der Waals surface area contributed by atoms with Crippen molar-refractivity contribution in [3.8, 4) is 0 Å². The maximum absolute atomic E-state index is 13.1. The molecule has 216 valence electrons. The quantitative estimate of drug-likeness (QED) is 0.0730. The molecule has 0 aromatic heterocycles. The fourth-order valence-electron chi connectivity index (χ4n) is 3.24. The number of primary amides is 1. The SMILES string of the molecule is CC(C)CCC(=O)N[C@H](C(=O)N[C@@H](/C=C/CCNC(N)=O)C(=O)Nc1ccc(COC(=O)NI)cc1)C(C)C. The molecule has 0 aliphatic carbocycles. The van der Waals surface area contributed by atoms with Gasteiger partial charge in [0, 0.05) is 18.7 Å². The molecule has 1 rings (SSSR count). The van der Waals surface area contributed by atoms with Crippen LogP contribution in [0.2, 0.25) is 0 Å². The van der Waals surface area contributed by atoms with Crippen molar-refractivity contribution >= 4 is 58.4 Å². The first-order valence-corrected chi connectivity index (χ1v) is 13.7. The summed E-state index contributed by atoms with van der Waals surface area (Å²) in [6.45, 7) is 7.96. The molecule has 0 spiro atoms. The predicted molar refractivity (Wildman–Crippen MR) is 157 cm³/mol. The number of amides is 6. The van der Waals surface area contributed by atoms with E-state index in [1.165, 1.54) is 6.08 Å². The summed E-state index contributed by atoms with van der Waals surface area (Å²) in [7, 11) is 0. The summed E-state index contributed by atoms with van der Waals surface area (Å²) in [5, 5.41) is 10.7. The summed E-state index contributed by atoms with van der Waals surface area (Å²) in [6, 6.07) is 4.11. The lowest BCUT2D eigenvalue weighted by molar-refractivity contribution is -0.131. The van der Waals surface area contributed by atoms with E-state index in [9.17, 15) is 24.0 Å². The second-order valence-corrected chi connectivity index (χ2v) is 10.1. The minimum atomic E-state index is -1.06. The number of carbonyl (C=O) groups is 5. The molecule has 0 aliphatic rings. The van der Waals surface area contributed by atoms with Crippen LogP contribution >= 0.6 is 22.9 Å². The van der Waals surface area contributed by atoms with Crippen molar-refractivity contribution in [2.45, 2.75) is 65.6 Å². The van der Waals surface area contributed by atoms with Gasteiger partial charge >= 0.3 is 12.1 Å². The lowest BCUT2D eigenvalue weighted by Gasteiger charge is -2.24. The Labute approximate surface area is 243 Å². The molecule has 0 saturated heterocycles. The molecule has 1 aromatic carbocycles. The van der Waals surface area contributed by atoms with Crippen molar-refractivity contribution in [2.75, 3.05) is 11.9 Å². The number of ether oxygens (including phenoxy) is 1. The molecule has 6 amide bonds. The number of rotatable bonds is 15. The molecule has 0 aliphatic heterocycles. The van der Waals surface area contributed by atoms with E-state index in [1.54, 1.807) is 53.2 Å². The number of carbonyl (C=O) groups excluding carboxylic acids is 5. The van der Waals surface area contributed by atoms with Gasteiger partial charge in [-0.1, -0.05) is 52.0 Å². The highest BCUT2D eigenvalue weighted by atomic mass is 127. The molecule has 1 aromatic rings. The Balaban J connectivity index is 2.95. The number of nitrogens with two attached hydrogens (primary N) is 1. The first kappa shape index (κ1) is 33.7. The van der Waals surface area contributed by atoms with Gasteiger partial charge in [-0.2, -0.15) is 0 Å². The second kappa shape index (κ2) is 18.0. The van der Waals surface area contributed by atoms with Crippen LogP contribution in [0.25, 0.3) is 0 Å². The molecular formula is C26H39IN6O6. The Kier molecular flexibility index (Phi) is 15.6. The topological polar surface area (TPSA) is 181 Å². The van der Waals surface area contributed by atoms with Crippen molar-refractivity contribution in [1.82, 2.24) is 19.5 Å². The zero-order chi connectivity index (χ0) is 29.4. The van der Waals surface area contributed by atoms with Gasteiger partial charge in [0.15, 0.2) is 0 Å². The Morgan fingerprint density at radius 1 is 1.00 bits per heavy atom. The molecule has 0 heterocycles. The molecule has 0 bridgehead atoms. The van der Waals surface area contributed by atoms with Crippen LogP contribution in [0.1, 0.15) is 52.5 Å². The molecule has 0 fully saturated rings. The Bertz CT molecular complexity index is 999. The van der Waals surface area contributed by atoms with Gasteiger partial charge in [-0.05, 0) is 42.4 Å². The van der Waals surface area contributed by atoms with Crippen LogP contribution in [-0.2, 0) is 25.7 Å². The second-order valence-electron chi connectivity index (χ2n) is 9.57. The highest BCUT2D eigenvalue weighted by molar-refractivity contribution is 14.1. The zero-order valence-corrected chi connectivity index (χ0v) is 24.9. The van der Waals surface area contributed by atoms with Crippen LogP contribution in [0.4, 0.5) is 15.3 Å². The maximum atomic E-state index is 13.1. The number of nitrogens with one attached hydrogen (secondary N) is 5. The Hall–Kier alpha value is -3.36. The van der Waals surface area contributed by atoms with Crippen LogP contribution in [0.5, 0.6) is 0 Å². The van der Waals surface area contributed by atoms with Gasteiger partial charge in [0.05, 0.1) is 22.9 Å². The van der Waals surface area contributed by atoms with Crippen LogP contribution in [0, 0.1) is 11.8 Å². The van der Waals surface area contributed by atoms with E-state index in [1.807, 2.05) is 27.7 Å². The van der Waals surface area contributed by atoms with E-state index in [4.69, 9.17) is 10.5 Å². The smallest absolute Gasteiger partial charge is 0.416 e. The van der Waals surface area contributed by atoms with Crippen LogP contribution < -0.4 is 30.5 Å². The van der Waals surface area contributed by atoms with Crippen LogP contribution in [-0.4, -0.2) is 48.5 Å². The number of hydrogen-bond donors (Lipinski definition) is 6. The third kappa shape index (κ3) is 14.4. The van der Waals surface area contributed by atoms with Gasteiger partial charge < -0.3 is 31.7 Å². The minimum absolute atomic E-state index is 0.0588. The van der Waals surface area contributed by atoms with E-state index in [2.05, 4.69) is 24.8 Å². The van der Waals surface area contributed by atoms with E-state index in [0.29, 0.717) is 36.4 Å². The lowest BCUT2D eigenvalue weighted by atomic mass is 10.0. The minimum Gasteiger partial charge on any atom is -0.444 e. The van der Waals surface area contributed by atoms with E-state index in [0.717, 1.165) is 0 Å². The monoisotopic (exact) mass is 658 g/mol. The summed E-state index contributed by atoms with van der Waals surface area (Å²) in [4.78, 5) is 60.8. The number of hydrogen-bond acceptors (Lipinski definition) is 6. The first-order chi connectivity index (χ1) is 18.4. The molecule has 0 saturated carbocycles. The molecule has 0 radical (unpaired) electrons. The molecular weight excluding hydrogens is 619 g/mol.